The van der Waals surface area contributed by atoms with E-state index in [0.29, 0.717) is 0 Å². The number of benzene rings is 2. The summed E-state index contributed by atoms with van der Waals surface area (Å²) in [6.45, 7) is 17.2. The minimum absolute atomic E-state index is 0.250. The van der Waals surface area contributed by atoms with Crippen molar-refractivity contribution in [2.75, 3.05) is 13.1 Å². The fourth-order valence-electron chi connectivity index (χ4n) is 2.51. The Morgan fingerprint density at radius 3 is 2.37 bits per heavy atom. The molecule has 5 nitrogen and oxygen atoms in total. The van der Waals surface area contributed by atoms with E-state index in [1.165, 1.54) is 10.5 Å². The molecule has 0 fully saturated rings. The Kier molecular flexibility index (Phi) is 26.5. The van der Waals surface area contributed by atoms with E-state index in [-0.39, 0.29) is 6.41 Å². The minimum atomic E-state index is 0.250. The number of amides is 1. The molecule has 2 aromatic rings. The average Bonchev–Trinajstić information content (AvgIpc) is 2.91. The smallest absolute Gasteiger partial charge is 0.204 e. The van der Waals surface area contributed by atoms with E-state index in [1.807, 2.05) is 51.1 Å². The van der Waals surface area contributed by atoms with E-state index in [0.717, 1.165) is 59.2 Å². The highest BCUT2D eigenvalue weighted by atomic mass is 35.5. The zero-order chi connectivity index (χ0) is 29.2. The minimum Gasteiger partial charge on any atom is -0.389 e. The van der Waals surface area contributed by atoms with Gasteiger partial charge in [0.25, 0.3) is 0 Å². The van der Waals surface area contributed by atoms with Gasteiger partial charge in [0, 0.05) is 45.7 Å². The van der Waals surface area contributed by atoms with E-state index >= 15 is 0 Å². The third-order valence-electron chi connectivity index (χ3n) is 4.43. The van der Waals surface area contributed by atoms with E-state index in [1.54, 1.807) is 17.4 Å². The number of hydrogen-bond acceptors (Lipinski definition) is 7. The molecule has 9 heteroatoms. The van der Waals surface area contributed by atoms with Gasteiger partial charge in [0.15, 0.2) is 0 Å². The van der Waals surface area contributed by atoms with Crippen molar-refractivity contribution in [1.29, 1.82) is 0 Å². The zero-order valence-corrected chi connectivity index (χ0v) is 26.3. The topological polar surface area (TPSA) is 79.5 Å². The number of aliphatic imine (C=N–C) groups is 1. The Morgan fingerprint density at radius 2 is 1.82 bits per heavy atom. The lowest BCUT2D eigenvalue weighted by Gasteiger charge is -2.09. The lowest BCUT2D eigenvalue weighted by atomic mass is 10.2. The molecule has 0 heterocycles. The number of nitrogens with one attached hydrogen (secondary N) is 2. The predicted molar refractivity (Wildman–Crippen MR) is 178 cm³/mol. The summed E-state index contributed by atoms with van der Waals surface area (Å²) in [6, 6.07) is 14.0. The lowest BCUT2D eigenvalue weighted by Crippen LogP contribution is -2.15. The van der Waals surface area contributed by atoms with Crippen molar-refractivity contribution >= 4 is 68.0 Å². The molecule has 0 atom stereocenters. The first-order chi connectivity index (χ1) is 18.3. The highest BCUT2D eigenvalue weighted by Crippen LogP contribution is 2.22. The van der Waals surface area contributed by atoms with Gasteiger partial charge in [-0.2, -0.15) is 0 Å². The first-order valence-corrected chi connectivity index (χ1v) is 14.4. The van der Waals surface area contributed by atoms with Gasteiger partial charge in [0.2, 0.25) is 6.41 Å². The van der Waals surface area contributed by atoms with Gasteiger partial charge in [0.05, 0.1) is 0 Å². The van der Waals surface area contributed by atoms with Crippen LogP contribution in [-0.2, 0) is 4.79 Å². The summed E-state index contributed by atoms with van der Waals surface area (Å²) in [4.78, 5) is 14.3. The Morgan fingerprint density at radius 1 is 1.18 bits per heavy atom. The summed E-state index contributed by atoms with van der Waals surface area (Å²) in [5.74, 6) is 0. The molecule has 0 aliphatic rings. The molecule has 2 aromatic carbocycles. The molecule has 0 aromatic heterocycles. The molecule has 1 amide bonds. The maximum Gasteiger partial charge on any atom is 0.204 e. The standard InChI is InChI=1S/C22H27ClN2S2.C4H7NS.C2H6.CH3NO/c1-17-16-20(23)12-13-22(17)27-25-15-6-5-14-24-18(2)8-7-10-19-9-3-4-11-21(19)26;1-4(3-6)5-2;1-2;2-1-3/h3-4,7,9-13,16,24-26H,2,5-6,8,14-15H2,1H3;3,6H,2H2,1H3;1-2H3;1H,(H2,2,3)/b10-7+;4-3-;;. The summed E-state index contributed by atoms with van der Waals surface area (Å²) in [7, 11) is 0. The highest BCUT2D eigenvalue weighted by Gasteiger charge is 2.00. The van der Waals surface area contributed by atoms with Crippen molar-refractivity contribution in [1.82, 2.24) is 10.0 Å². The molecule has 2 rings (SSSR count). The fraction of sp³-hybridized carbons (Fsp3) is 0.310. The summed E-state index contributed by atoms with van der Waals surface area (Å²) >= 11 is 15.9. The van der Waals surface area contributed by atoms with E-state index in [2.05, 4.69) is 90.5 Å². The molecule has 0 saturated heterocycles. The predicted octanol–water partition coefficient (Wildman–Crippen LogP) is 8.13. The molecule has 0 aliphatic heterocycles. The molecule has 38 heavy (non-hydrogen) atoms. The van der Waals surface area contributed by atoms with Crippen LogP contribution in [0, 0.1) is 6.92 Å². The third kappa shape index (κ3) is 20.9. The number of halogens is 1. The maximum absolute atomic E-state index is 8.58. The van der Waals surface area contributed by atoms with Crippen molar-refractivity contribution in [2.45, 2.75) is 56.7 Å². The van der Waals surface area contributed by atoms with Crippen LogP contribution in [-0.4, -0.2) is 26.2 Å². The summed E-state index contributed by atoms with van der Waals surface area (Å²) < 4.78 is 3.41. The summed E-state index contributed by atoms with van der Waals surface area (Å²) in [6.07, 6.45) is 7.51. The number of rotatable bonds is 12. The van der Waals surface area contributed by atoms with Crippen LogP contribution in [0.4, 0.5) is 0 Å². The van der Waals surface area contributed by atoms with Crippen molar-refractivity contribution in [3.63, 3.8) is 0 Å². The molecule has 0 bridgehead atoms. The van der Waals surface area contributed by atoms with Gasteiger partial charge in [-0.3, -0.25) is 14.5 Å². The highest BCUT2D eigenvalue weighted by molar-refractivity contribution is 7.97. The molecule has 0 aliphatic carbocycles. The van der Waals surface area contributed by atoms with E-state index in [9.17, 15) is 0 Å². The lowest BCUT2D eigenvalue weighted by molar-refractivity contribution is -0.106. The molecule has 0 saturated carbocycles. The van der Waals surface area contributed by atoms with Crippen LogP contribution < -0.4 is 15.8 Å². The SMILES string of the molecule is C=C(C/C=C/c1ccccc1S)NCCCCNSc1ccc(Cl)cc1C.C=N/C(C)=C\S.CC.NC=O. The van der Waals surface area contributed by atoms with E-state index < -0.39 is 0 Å². The number of aryl methyl sites for hydroxylation is 1. The molecule has 0 unspecified atom stereocenters. The number of thiol groups is 2. The first kappa shape index (κ1) is 38.0. The van der Waals surface area contributed by atoms with Crippen LogP contribution in [0.2, 0.25) is 5.02 Å². The molecule has 4 N–H and O–H groups in total. The van der Waals surface area contributed by atoms with Crippen molar-refractivity contribution in [3.8, 4) is 0 Å². The zero-order valence-electron chi connectivity index (χ0n) is 22.9. The van der Waals surface area contributed by atoms with Crippen molar-refractivity contribution in [2.24, 2.45) is 10.7 Å². The van der Waals surface area contributed by atoms with Gasteiger partial charge in [-0.1, -0.05) is 62.4 Å². The van der Waals surface area contributed by atoms with Gasteiger partial charge in [-0.25, -0.2) is 0 Å². The number of hydrogen-bond donors (Lipinski definition) is 5. The molecule has 210 valence electrons. The normalized spacial score (nSPS) is 10.1. The molecular weight excluding hydrogens is 552 g/mol. The number of carbonyl (C=O) groups excluding carboxylic acids is 1. The largest absolute Gasteiger partial charge is 0.389 e. The number of nitrogens with zero attached hydrogens (tertiary/aromatic N) is 1. The van der Waals surface area contributed by atoms with Gasteiger partial charge in [-0.05, 0) is 86.2 Å². The number of primary amides is 1. The van der Waals surface area contributed by atoms with Gasteiger partial charge < -0.3 is 11.1 Å². The maximum atomic E-state index is 8.58. The van der Waals surface area contributed by atoms with Crippen LogP contribution >= 0.6 is 48.8 Å². The van der Waals surface area contributed by atoms with Crippen molar-refractivity contribution < 1.29 is 4.79 Å². The Labute approximate surface area is 250 Å². The Bertz CT molecular complexity index is 998. The van der Waals surface area contributed by atoms with Gasteiger partial charge >= 0.3 is 0 Å². The monoisotopic (exact) mass is 594 g/mol. The van der Waals surface area contributed by atoms with Crippen LogP contribution in [0.15, 0.2) is 86.7 Å². The second-order valence-electron chi connectivity index (χ2n) is 7.37. The second kappa shape index (κ2) is 26.5. The van der Waals surface area contributed by atoms with Crippen molar-refractivity contribution in [3.05, 3.63) is 88.1 Å². The Hall–Kier alpha value is -2.10. The molecule has 0 spiro atoms. The van der Waals surface area contributed by atoms with Gasteiger partial charge in [0.1, 0.15) is 0 Å². The number of unbranched alkanes of at least 4 members (excludes halogenated alkanes) is 1. The quantitative estimate of drug-likeness (QED) is 0.0565. The summed E-state index contributed by atoms with van der Waals surface area (Å²) in [5.41, 5.74) is 8.39. The van der Waals surface area contributed by atoms with Crippen LogP contribution in [0.1, 0.15) is 51.2 Å². The average molecular weight is 595 g/mol. The number of nitrogens with two attached hydrogens (primary N) is 1. The van der Waals surface area contributed by atoms with Gasteiger partial charge in [-0.15, -0.1) is 25.3 Å². The van der Waals surface area contributed by atoms with Crippen LogP contribution in [0.5, 0.6) is 0 Å². The van der Waals surface area contributed by atoms with Crippen LogP contribution in [0.3, 0.4) is 0 Å². The first-order valence-electron chi connectivity index (χ1n) is 12.2. The van der Waals surface area contributed by atoms with E-state index in [4.69, 9.17) is 16.4 Å². The molecular formula is C29H43ClN4OS3. The van der Waals surface area contributed by atoms with Crippen LogP contribution in [0.25, 0.3) is 6.08 Å². The summed E-state index contributed by atoms with van der Waals surface area (Å²) in [5, 5.41) is 5.78. The fourth-order valence-corrected chi connectivity index (χ4v) is 3.81. The third-order valence-corrected chi connectivity index (χ3v) is 6.48. The number of carbonyl (C=O) groups is 1. The number of allylic oxidation sites excluding steroid dienone is 2. The second-order valence-corrected chi connectivity index (χ2v) is 9.48. The Balaban J connectivity index is 0. The molecule has 0 radical (unpaired) electrons.